The molecule has 0 saturated carbocycles. The second-order valence-electron chi connectivity index (χ2n) is 7.05. The van der Waals surface area contributed by atoms with E-state index in [9.17, 15) is 4.39 Å². The normalized spacial score (nSPS) is 14.7. The van der Waals surface area contributed by atoms with Crippen molar-refractivity contribution in [1.82, 2.24) is 14.4 Å². The molecule has 5 rings (SSSR count). The molecule has 1 aliphatic rings. The van der Waals surface area contributed by atoms with E-state index in [1.807, 2.05) is 22.6 Å². The third kappa shape index (κ3) is 3.23. The second kappa shape index (κ2) is 7.31. The molecule has 4 aromatic rings. The second-order valence-corrected chi connectivity index (χ2v) is 13.0. The first-order chi connectivity index (χ1) is 13.7. The Morgan fingerprint density at radius 1 is 1.11 bits per heavy atom. The van der Waals surface area contributed by atoms with Crippen molar-refractivity contribution < 1.29 is 4.39 Å². The van der Waals surface area contributed by atoms with E-state index in [1.165, 1.54) is 18.1 Å². The number of halogens is 2. The van der Waals surface area contributed by atoms with Gasteiger partial charge in [-0.3, -0.25) is 0 Å². The molecule has 4 nitrogen and oxygen atoms in total. The van der Waals surface area contributed by atoms with Gasteiger partial charge in [0.2, 0.25) is 0 Å². The van der Waals surface area contributed by atoms with Crippen molar-refractivity contribution in [2.45, 2.75) is 6.42 Å². The molecule has 3 heterocycles. The van der Waals surface area contributed by atoms with Crippen LogP contribution in [0.4, 0.5) is 10.1 Å². The van der Waals surface area contributed by atoms with E-state index in [0.717, 1.165) is 34.6 Å². The fraction of sp³-hybridized carbons (Fsp3) is 0.273. The molecule has 28 heavy (non-hydrogen) atoms. The molecular weight excluding hydrogens is 466 g/mol. The number of hydrogen-bond donors (Lipinski definition) is 0. The Morgan fingerprint density at radius 3 is 2.79 bits per heavy atom. The zero-order valence-corrected chi connectivity index (χ0v) is 17.9. The fourth-order valence-electron chi connectivity index (χ4n) is 3.56. The first-order valence-corrected chi connectivity index (χ1v) is 13.6. The van der Waals surface area contributed by atoms with Gasteiger partial charge in [-0.25, -0.2) is 0 Å². The van der Waals surface area contributed by atoms with E-state index in [1.54, 1.807) is 0 Å². The first kappa shape index (κ1) is 17.8. The van der Waals surface area contributed by atoms with Gasteiger partial charge in [-0.2, -0.15) is 0 Å². The Hall–Kier alpha value is -2.22. The topological polar surface area (TPSA) is 33.4 Å². The third-order valence-corrected chi connectivity index (χ3v) is 9.79. The van der Waals surface area contributed by atoms with Gasteiger partial charge < -0.3 is 0 Å². The maximum atomic E-state index is 12.6. The standard InChI is InChI=1S/C22H22FIN4/c1-27(13-4-10-23)20-8-7-16(15-17(20)24-11-12-24)18-9-14-28-21-6-3-2-5-19(21)26-22(28)25-18/h2-3,5-9,14-15H,4,10-13H2,1H3. The molecule has 0 N–H and O–H groups in total. The van der Waals surface area contributed by atoms with E-state index in [-0.39, 0.29) is 6.67 Å². The Bertz CT molecular complexity index is 1150. The quantitative estimate of drug-likeness (QED) is 0.282. The van der Waals surface area contributed by atoms with Gasteiger partial charge in [0, 0.05) is 0 Å². The summed E-state index contributed by atoms with van der Waals surface area (Å²) in [5.41, 5.74) is 5.43. The number of benzene rings is 2. The Morgan fingerprint density at radius 2 is 1.96 bits per heavy atom. The van der Waals surface area contributed by atoms with Gasteiger partial charge in [0.05, 0.1) is 0 Å². The summed E-state index contributed by atoms with van der Waals surface area (Å²) in [7, 11) is 2.08. The van der Waals surface area contributed by atoms with Gasteiger partial charge >= 0.3 is 171 Å². The average Bonchev–Trinajstić information content (AvgIpc) is 3.51. The minimum absolute atomic E-state index is 0.261. The van der Waals surface area contributed by atoms with E-state index < -0.39 is 19.8 Å². The third-order valence-electron chi connectivity index (χ3n) is 5.13. The van der Waals surface area contributed by atoms with Crippen LogP contribution in [0, 0.1) is 3.57 Å². The zero-order chi connectivity index (χ0) is 19.1. The van der Waals surface area contributed by atoms with Crippen LogP contribution in [-0.4, -0.2) is 43.5 Å². The van der Waals surface area contributed by atoms with E-state index in [2.05, 4.69) is 53.5 Å². The number of aromatic nitrogens is 3. The van der Waals surface area contributed by atoms with Crippen LogP contribution in [0.15, 0.2) is 54.7 Å². The molecule has 0 spiro atoms. The molecule has 0 aliphatic carbocycles. The number of fused-ring (bicyclic) bond motifs is 3. The van der Waals surface area contributed by atoms with Crippen molar-refractivity contribution >= 4 is 42.3 Å². The molecule has 0 atom stereocenters. The van der Waals surface area contributed by atoms with Crippen molar-refractivity contribution in [2.24, 2.45) is 0 Å². The number of hydrogen-bond acceptors (Lipinski definition) is 3. The summed E-state index contributed by atoms with van der Waals surface area (Å²) in [5, 5.41) is 0. The van der Waals surface area contributed by atoms with Crippen LogP contribution in [0.1, 0.15) is 6.42 Å². The molecule has 0 radical (unpaired) electrons. The van der Waals surface area contributed by atoms with Gasteiger partial charge in [0.1, 0.15) is 0 Å². The van der Waals surface area contributed by atoms with Gasteiger partial charge in [-0.15, -0.1) is 0 Å². The molecule has 0 amide bonds. The van der Waals surface area contributed by atoms with Gasteiger partial charge in [0.15, 0.2) is 0 Å². The number of anilines is 1. The van der Waals surface area contributed by atoms with Crippen molar-refractivity contribution in [3.63, 3.8) is 0 Å². The molecule has 1 aliphatic heterocycles. The number of rotatable bonds is 6. The predicted octanol–water partition coefficient (Wildman–Crippen LogP) is 5.03. The summed E-state index contributed by atoms with van der Waals surface area (Å²) in [6, 6.07) is 16.9. The zero-order valence-electron chi connectivity index (χ0n) is 15.8. The van der Waals surface area contributed by atoms with Crippen molar-refractivity contribution in [3.8, 4) is 11.3 Å². The van der Waals surface area contributed by atoms with E-state index in [0.29, 0.717) is 6.42 Å². The predicted molar refractivity (Wildman–Crippen MR) is 122 cm³/mol. The Kier molecular flexibility index (Phi) is 4.66. The number of alkyl halides is 3. The van der Waals surface area contributed by atoms with Crippen molar-refractivity contribution in [1.29, 1.82) is 0 Å². The monoisotopic (exact) mass is 488 g/mol. The Balaban J connectivity index is 1.55. The molecular formula is C22H22FIN4. The summed E-state index contributed by atoms with van der Waals surface area (Å²) in [4.78, 5) is 11.7. The summed E-state index contributed by atoms with van der Waals surface area (Å²) >= 11 is -1.00. The van der Waals surface area contributed by atoms with Gasteiger partial charge in [-0.1, -0.05) is 0 Å². The first-order valence-electron chi connectivity index (χ1n) is 9.52. The molecule has 144 valence electrons. The number of imidazole rings is 1. The van der Waals surface area contributed by atoms with Crippen molar-refractivity contribution in [2.75, 3.05) is 34.0 Å². The minimum atomic E-state index is -1.00. The average molecular weight is 488 g/mol. The van der Waals surface area contributed by atoms with Crippen LogP contribution in [0.5, 0.6) is 0 Å². The summed E-state index contributed by atoms with van der Waals surface area (Å²) in [5.74, 6) is 0.731. The molecule has 2 aromatic heterocycles. The van der Waals surface area contributed by atoms with Crippen LogP contribution in [-0.2, 0) is 0 Å². The van der Waals surface area contributed by atoms with Crippen molar-refractivity contribution in [3.05, 3.63) is 58.3 Å². The van der Waals surface area contributed by atoms with Crippen LogP contribution < -0.4 is 4.90 Å². The number of para-hydroxylation sites is 2. The molecule has 0 bridgehead atoms. The van der Waals surface area contributed by atoms with Crippen LogP contribution in [0.25, 0.3) is 28.1 Å². The molecule has 2 aromatic carbocycles. The SMILES string of the molecule is CN(CCCF)c1ccc(-c2ccn3c(n2)nc2ccccc23)cc1I1CC1. The van der Waals surface area contributed by atoms with Crippen LogP contribution >= 0.6 is 19.8 Å². The van der Waals surface area contributed by atoms with E-state index in [4.69, 9.17) is 4.98 Å². The summed E-state index contributed by atoms with van der Waals surface area (Å²) in [6.07, 6.45) is 2.64. The number of nitrogens with zero attached hydrogens (tertiary/aromatic N) is 4. The maximum absolute atomic E-state index is 12.6. The van der Waals surface area contributed by atoms with E-state index >= 15 is 0 Å². The summed E-state index contributed by atoms with van der Waals surface area (Å²) in [6.45, 7) is 0.500. The molecule has 1 saturated heterocycles. The Labute approximate surface area is 170 Å². The molecule has 6 heteroatoms. The fourth-order valence-corrected chi connectivity index (χ4v) is 8.44. The van der Waals surface area contributed by atoms with Gasteiger partial charge in [-0.05, 0) is 0 Å². The van der Waals surface area contributed by atoms with Gasteiger partial charge in [0.25, 0.3) is 0 Å². The molecule has 1 fully saturated rings. The van der Waals surface area contributed by atoms with Crippen LogP contribution in [0.2, 0.25) is 0 Å². The molecule has 0 unspecified atom stereocenters. The summed E-state index contributed by atoms with van der Waals surface area (Å²) < 4.78 is 18.9. The van der Waals surface area contributed by atoms with Crippen LogP contribution in [0.3, 0.4) is 0 Å².